The molecule has 5 heteroatoms. The molecule has 0 radical (unpaired) electrons. The second kappa shape index (κ2) is 7.80. The van der Waals surface area contributed by atoms with Crippen molar-refractivity contribution < 1.29 is 14.3 Å². The summed E-state index contributed by atoms with van der Waals surface area (Å²) in [6.45, 7) is 11.3. The van der Waals surface area contributed by atoms with Gasteiger partial charge in [-0.3, -0.25) is 4.79 Å². The summed E-state index contributed by atoms with van der Waals surface area (Å²) in [4.78, 5) is 14.8. The summed E-state index contributed by atoms with van der Waals surface area (Å²) in [5.74, 6) is 1.42. The van der Waals surface area contributed by atoms with Crippen molar-refractivity contribution in [3.63, 3.8) is 0 Å². The first-order chi connectivity index (χ1) is 14.8. The molecule has 4 rings (SSSR count). The molecule has 5 nitrogen and oxygen atoms in total. The lowest BCUT2D eigenvalue weighted by Gasteiger charge is -2.49. The van der Waals surface area contributed by atoms with Crippen molar-refractivity contribution in [3.05, 3.63) is 71.8 Å². The zero-order valence-corrected chi connectivity index (χ0v) is 18.7. The third-order valence-corrected chi connectivity index (χ3v) is 6.32. The lowest BCUT2D eigenvalue weighted by Crippen LogP contribution is -2.68. The van der Waals surface area contributed by atoms with E-state index in [9.17, 15) is 4.79 Å². The van der Waals surface area contributed by atoms with Gasteiger partial charge in [0.05, 0.1) is 7.11 Å². The normalized spacial score (nSPS) is 21.4. The van der Waals surface area contributed by atoms with Gasteiger partial charge in [0.25, 0.3) is 0 Å². The van der Waals surface area contributed by atoms with Gasteiger partial charge in [-0.05, 0) is 47.9 Å². The number of rotatable bonds is 6. The molecule has 2 aromatic carbocycles. The number of methoxy groups -OCH3 is 1. The van der Waals surface area contributed by atoms with Gasteiger partial charge in [0, 0.05) is 24.1 Å². The van der Waals surface area contributed by atoms with Crippen molar-refractivity contribution in [3.8, 4) is 11.5 Å². The SMILES string of the molecule is C=C(C)COc1ccc(/C=C/C23NC(=O)CCN2c2ccccc2C3(C)C)cc1OC. The van der Waals surface area contributed by atoms with E-state index in [0.717, 1.165) is 11.1 Å². The van der Waals surface area contributed by atoms with E-state index in [1.54, 1.807) is 7.11 Å². The molecule has 2 aromatic rings. The summed E-state index contributed by atoms with van der Waals surface area (Å²) in [5, 5.41) is 3.31. The Morgan fingerprint density at radius 1 is 1.23 bits per heavy atom. The smallest absolute Gasteiger partial charge is 0.223 e. The van der Waals surface area contributed by atoms with Crippen LogP contribution in [-0.2, 0) is 10.2 Å². The fourth-order valence-electron chi connectivity index (χ4n) is 4.64. The number of carbonyl (C=O) groups is 1. The summed E-state index contributed by atoms with van der Waals surface area (Å²) in [6.07, 6.45) is 4.66. The summed E-state index contributed by atoms with van der Waals surface area (Å²) in [5.41, 5.74) is 3.40. The predicted molar refractivity (Wildman–Crippen MR) is 125 cm³/mol. The van der Waals surface area contributed by atoms with Gasteiger partial charge in [-0.15, -0.1) is 0 Å². The first-order valence-electron chi connectivity index (χ1n) is 10.6. The molecule has 2 aliphatic rings. The number of nitrogens with zero attached hydrogens (tertiary/aromatic N) is 1. The molecule has 1 unspecified atom stereocenters. The first-order valence-corrected chi connectivity index (χ1v) is 10.6. The summed E-state index contributed by atoms with van der Waals surface area (Å²) >= 11 is 0. The maximum Gasteiger partial charge on any atom is 0.223 e. The number of hydrogen-bond acceptors (Lipinski definition) is 4. The van der Waals surface area contributed by atoms with Crippen LogP contribution in [0.1, 0.15) is 38.3 Å². The van der Waals surface area contributed by atoms with Crippen LogP contribution < -0.4 is 19.7 Å². The third kappa shape index (κ3) is 3.48. The Kier molecular flexibility index (Phi) is 5.29. The molecule has 1 N–H and O–H groups in total. The Bertz CT molecular complexity index is 1060. The van der Waals surface area contributed by atoms with Crippen LogP contribution in [0.2, 0.25) is 0 Å². The number of carbonyl (C=O) groups excluding carboxylic acids is 1. The zero-order chi connectivity index (χ0) is 22.2. The van der Waals surface area contributed by atoms with Crippen molar-refractivity contribution in [2.24, 2.45) is 0 Å². The second-order valence-electron chi connectivity index (χ2n) is 8.85. The minimum atomic E-state index is -0.631. The fourth-order valence-corrected chi connectivity index (χ4v) is 4.64. The van der Waals surface area contributed by atoms with E-state index in [2.05, 4.69) is 67.1 Å². The van der Waals surface area contributed by atoms with Crippen LogP contribution in [0.5, 0.6) is 11.5 Å². The molecule has 1 atom stereocenters. The molecule has 0 saturated carbocycles. The molecular weight excluding hydrogens is 388 g/mol. The molecule has 0 spiro atoms. The number of para-hydroxylation sites is 1. The Morgan fingerprint density at radius 2 is 2.00 bits per heavy atom. The number of nitrogens with one attached hydrogen (secondary N) is 1. The van der Waals surface area contributed by atoms with E-state index in [0.29, 0.717) is 31.1 Å². The van der Waals surface area contributed by atoms with Gasteiger partial charge >= 0.3 is 0 Å². The molecule has 0 aliphatic carbocycles. The van der Waals surface area contributed by atoms with Crippen LogP contribution in [0, 0.1) is 0 Å². The van der Waals surface area contributed by atoms with Crippen molar-refractivity contribution in [2.75, 3.05) is 25.2 Å². The molecule has 1 saturated heterocycles. The minimum absolute atomic E-state index is 0.0721. The highest BCUT2D eigenvalue weighted by Crippen LogP contribution is 2.52. The topological polar surface area (TPSA) is 50.8 Å². The summed E-state index contributed by atoms with van der Waals surface area (Å²) in [6, 6.07) is 14.3. The highest BCUT2D eigenvalue weighted by atomic mass is 16.5. The molecule has 0 bridgehead atoms. The van der Waals surface area contributed by atoms with Crippen molar-refractivity contribution in [1.82, 2.24) is 5.32 Å². The van der Waals surface area contributed by atoms with Gasteiger partial charge in [-0.2, -0.15) is 0 Å². The van der Waals surface area contributed by atoms with Crippen molar-refractivity contribution in [1.29, 1.82) is 0 Å². The predicted octanol–water partition coefficient (Wildman–Crippen LogP) is 4.68. The average molecular weight is 419 g/mol. The highest BCUT2D eigenvalue weighted by molar-refractivity contribution is 5.84. The molecular formula is C26H30N2O3. The molecule has 1 fully saturated rings. The van der Waals surface area contributed by atoms with Gasteiger partial charge in [-0.25, -0.2) is 0 Å². The molecule has 0 aromatic heterocycles. The number of benzene rings is 2. The minimum Gasteiger partial charge on any atom is -0.493 e. The Balaban J connectivity index is 1.71. The number of anilines is 1. The van der Waals surface area contributed by atoms with Gasteiger partial charge in [-0.1, -0.05) is 50.8 Å². The number of amides is 1. The van der Waals surface area contributed by atoms with Crippen LogP contribution in [-0.4, -0.2) is 31.8 Å². The Labute approximate surface area is 184 Å². The number of hydrogen-bond donors (Lipinski definition) is 1. The Hall–Kier alpha value is -3.21. The first kappa shape index (κ1) is 21.0. The maximum absolute atomic E-state index is 12.5. The molecule has 2 aliphatic heterocycles. The van der Waals surface area contributed by atoms with E-state index in [-0.39, 0.29) is 11.3 Å². The summed E-state index contributed by atoms with van der Waals surface area (Å²) < 4.78 is 11.3. The highest BCUT2D eigenvalue weighted by Gasteiger charge is 2.57. The zero-order valence-electron chi connectivity index (χ0n) is 18.7. The van der Waals surface area contributed by atoms with Crippen LogP contribution in [0.25, 0.3) is 6.08 Å². The molecule has 1 amide bonds. The van der Waals surface area contributed by atoms with E-state index in [1.807, 2.05) is 25.1 Å². The second-order valence-corrected chi connectivity index (χ2v) is 8.85. The van der Waals surface area contributed by atoms with E-state index in [1.165, 1.54) is 11.3 Å². The van der Waals surface area contributed by atoms with E-state index in [4.69, 9.17) is 9.47 Å². The van der Waals surface area contributed by atoms with Crippen LogP contribution in [0.4, 0.5) is 5.69 Å². The van der Waals surface area contributed by atoms with Crippen LogP contribution in [0.3, 0.4) is 0 Å². The lowest BCUT2D eigenvalue weighted by molar-refractivity contribution is -0.124. The molecule has 31 heavy (non-hydrogen) atoms. The molecule has 162 valence electrons. The largest absolute Gasteiger partial charge is 0.493 e. The van der Waals surface area contributed by atoms with Crippen LogP contribution >= 0.6 is 0 Å². The monoisotopic (exact) mass is 418 g/mol. The van der Waals surface area contributed by atoms with Crippen molar-refractivity contribution >= 4 is 17.7 Å². The van der Waals surface area contributed by atoms with E-state index >= 15 is 0 Å². The van der Waals surface area contributed by atoms with E-state index < -0.39 is 5.66 Å². The quantitative estimate of drug-likeness (QED) is 0.692. The van der Waals surface area contributed by atoms with Crippen LogP contribution in [0.15, 0.2) is 60.7 Å². The fraction of sp³-hybridized carbons (Fsp3) is 0.346. The van der Waals surface area contributed by atoms with Gasteiger partial charge in [0.15, 0.2) is 11.5 Å². The average Bonchev–Trinajstić information content (AvgIpc) is 2.95. The van der Waals surface area contributed by atoms with Gasteiger partial charge in [0.2, 0.25) is 5.91 Å². The lowest BCUT2D eigenvalue weighted by atomic mass is 9.74. The number of ether oxygens (including phenoxy) is 2. The standard InChI is InChI=1S/C26H30N2O3/c1-18(2)17-31-22-11-10-19(16-23(22)30-5)12-14-26-25(3,4)20-8-6-7-9-21(20)28(26)15-13-24(29)27-26/h6-12,14,16H,1,13,15,17H2,2-5H3,(H,27,29)/b14-12+. The maximum atomic E-state index is 12.5. The summed E-state index contributed by atoms with van der Waals surface area (Å²) in [7, 11) is 1.63. The van der Waals surface area contributed by atoms with Gasteiger partial charge < -0.3 is 19.7 Å². The van der Waals surface area contributed by atoms with Gasteiger partial charge in [0.1, 0.15) is 12.3 Å². The number of fused-ring (bicyclic) bond motifs is 3. The molecule has 2 heterocycles. The third-order valence-electron chi connectivity index (χ3n) is 6.32. The Morgan fingerprint density at radius 3 is 2.74 bits per heavy atom. The van der Waals surface area contributed by atoms with Crippen molar-refractivity contribution in [2.45, 2.75) is 38.3 Å².